The van der Waals surface area contributed by atoms with Gasteiger partial charge in [0.25, 0.3) is 0 Å². The molecule has 5 rings (SSSR count). The fourth-order valence-corrected chi connectivity index (χ4v) is 7.61. The van der Waals surface area contributed by atoms with Crippen LogP contribution < -0.4 is 10.2 Å². The number of carbonyl (C=O) groups is 2. The first kappa shape index (κ1) is 22.0. The molecule has 0 aromatic heterocycles. The highest BCUT2D eigenvalue weighted by Gasteiger charge is 2.63. The summed E-state index contributed by atoms with van der Waals surface area (Å²) in [5, 5.41) is 3.11. The number of allylic oxidation sites excluding steroid dienone is 4. The van der Waals surface area contributed by atoms with Gasteiger partial charge in [0.05, 0.1) is 0 Å². The van der Waals surface area contributed by atoms with Crippen LogP contribution >= 0.6 is 0 Å². The maximum Gasteiger partial charge on any atom is 0.208 e. The minimum Gasteiger partial charge on any atom is -0.378 e. The Labute approximate surface area is 197 Å². The number of rotatable bonds is 4. The van der Waals surface area contributed by atoms with Crippen LogP contribution in [0.2, 0.25) is 0 Å². The van der Waals surface area contributed by atoms with Crippen molar-refractivity contribution in [1.29, 1.82) is 0 Å². The van der Waals surface area contributed by atoms with Gasteiger partial charge in [-0.25, -0.2) is 0 Å². The monoisotopic (exact) mass is 442 g/mol. The molecule has 4 heteroatoms. The molecule has 0 unspecified atom stereocenters. The Morgan fingerprint density at radius 2 is 1.91 bits per heavy atom. The normalized spacial score (nSPS) is 35.0. The average molecular weight is 443 g/mol. The third-order valence-electron chi connectivity index (χ3n) is 9.29. The zero-order valence-corrected chi connectivity index (χ0v) is 20.0. The van der Waals surface area contributed by atoms with E-state index in [1.807, 2.05) is 6.08 Å². The van der Waals surface area contributed by atoms with Gasteiger partial charge in [0.1, 0.15) is 5.54 Å². The molecule has 0 aliphatic heterocycles. The maximum atomic E-state index is 12.2. The number of amides is 1. The van der Waals surface area contributed by atoms with E-state index in [0.29, 0.717) is 18.3 Å². The van der Waals surface area contributed by atoms with Crippen molar-refractivity contribution in [3.63, 3.8) is 0 Å². The van der Waals surface area contributed by atoms with Gasteiger partial charge in [-0.1, -0.05) is 30.6 Å². The zero-order chi connectivity index (χ0) is 23.4. The smallest absolute Gasteiger partial charge is 0.208 e. The summed E-state index contributed by atoms with van der Waals surface area (Å²) in [4.78, 5) is 25.9. The molecule has 1 aromatic rings. The lowest BCUT2D eigenvalue weighted by molar-refractivity contribution is -0.115. The minimum absolute atomic E-state index is 0.173. The molecule has 4 nitrogen and oxygen atoms in total. The Bertz CT molecular complexity index is 1090. The summed E-state index contributed by atoms with van der Waals surface area (Å²) in [6.45, 7) is 2.32. The van der Waals surface area contributed by atoms with Crippen molar-refractivity contribution in [3.05, 3.63) is 52.6 Å². The average Bonchev–Trinajstić information content (AvgIpc) is 3.10. The number of ketones is 1. The van der Waals surface area contributed by atoms with Gasteiger partial charge in [-0.15, -0.1) is 6.42 Å². The Morgan fingerprint density at radius 3 is 2.58 bits per heavy atom. The first-order valence-corrected chi connectivity index (χ1v) is 12.3. The largest absolute Gasteiger partial charge is 0.378 e. The number of terminal acetylenes is 1. The van der Waals surface area contributed by atoms with Gasteiger partial charge in [0.2, 0.25) is 6.41 Å². The highest BCUT2D eigenvalue weighted by Crippen LogP contribution is 2.66. The van der Waals surface area contributed by atoms with Gasteiger partial charge in [-0.3, -0.25) is 9.59 Å². The summed E-state index contributed by atoms with van der Waals surface area (Å²) in [5.74, 6) is 4.46. The van der Waals surface area contributed by atoms with Crippen LogP contribution in [0.25, 0.3) is 0 Å². The Hall–Kier alpha value is -2.80. The summed E-state index contributed by atoms with van der Waals surface area (Å²) < 4.78 is 0. The van der Waals surface area contributed by atoms with E-state index in [1.54, 1.807) is 5.57 Å². The first-order chi connectivity index (χ1) is 15.8. The molecule has 2 saturated carbocycles. The molecule has 0 spiro atoms. The second kappa shape index (κ2) is 7.90. The van der Waals surface area contributed by atoms with E-state index in [9.17, 15) is 9.59 Å². The summed E-state index contributed by atoms with van der Waals surface area (Å²) in [6, 6.07) is 8.92. The topological polar surface area (TPSA) is 49.4 Å². The lowest BCUT2D eigenvalue weighted by Crippen LogP contribution is -2.57. The lowest BCUT2D eigenvalue weighted by atomic mass is 9.50. The molecule has 0 radical (unpaired) electrons. The van der Waals surface area contributed by atoms with E-state index in [0.717, 1.165) is 44.9 Å². The Balaban J connectivity index is 1.67. The molecule has 1 aromatic carbocycles. The number of hydrogen-bond acceptors (Lipinski definition) is 3. The number of nitrogens with one attached hydrogen (secondary N) is 1. The van der Waals surface area contributed by atoms with Crippen LogP contribution in [0.1, 0.15) is 63.4 Å². The van der Waals surface area contributed by atoms with Gasteiger partial charge in [0.15, 0.2) is 5.78 Å². The van der Waals surface area contributed by atoms with Gasteiger partial charge in [0, 0.05) is 37.5 Å². The molecule has 4 aliphatic rings. The van der Waals surface area contributed by atoms with Crippen molar-refractivity contribution in [2.75, 3.05) is 19.0 Å². The number of nitrogens with zero attached hydrogens (tertiary/aromatic N) is 1. The van der Waals surface area contributed by atoms with Gasteiger partial charge in [-0.2, -0.15) is 0 Å². The molecule has 1 amide bonds. The zero-order valence-electron chi connectivity index (χ0n) is 20.0. The van der Waals surface area contributed by atoms with Gasteiger partial charge >= 0.3 is 0 Å². The number of hydrogen-bond donors (Lipinski definition) is 1. The lowest BCUT2D eigenvalue weighted by Gasteiger charge is -2.55. The van der Waals surface area contributed by atoms with E-state index in [4.69, 9.17) is 6.42 Å². The third kappa shape index (κ3) is 3.20. The van der Waals surface area contributed by atoms with Gasteiger partial charge < -0.3 is 10.2 Å². The van der Waals surface area contributed by atoms with Crippen LogP contribution in [0.3, 0.4) is 0 Å². The van der Waals surface area contributed by atoms with Gasteiger partial charge in [-0.05, 0) is 85.3 Å². The summed E-state index contributed by atoms with van der Waals surface area (Å²) in [6.07, 6.45) is 15.1. The molecule has 0 saturated heterocycles. The number of carbonyl (C=O) groups excluding carboxylic acids is 2. The fourth-order valence-electron chi connectivity index (χ4n) is 7.61. The van der Waals surface area contributed by atoms with Crippen LogP contribution in [0.4, 0.5) is 5.69 Å². The highest BCUT2D eigenvalue weighted by molar-refractivity contribution is 5.93. The van der Waals surface area contributed by atoms with Crippen LogP contribution in [0.5, 0.6) is 0 Å². The van der Waals surface area contributed by atoms with E-state index in [-0.39, 0.29) is 17.1 Å². The number of anilines is 1. The van der Waals surface area contributed by atoms with E-state index >= 15 is 0 Å². The van der Waals surface area contributed by atoms with Crippen molar-refractivity contribution >= 4 is 17.9 Å². The molecule has 33 heavy (non-hydrogen) atoms. The maximum absolute atomic E-state index is 12.2. The second-order valence-corrected chi connectivity index (χ2v) is 10.8. The third-order valence-corrected chi connectivity index (χ3v) is 9.29. The van der Waals surface area contributed by atoms with E-state index in [2.05, 4.69) is 61.4 Å². The van der Waals surface area contributed by atoms with Crippen LogP contribution in [-0.4, -0.2) is 31.8 Å². The summed E-state index contributed by atoms with van der Waals surface area (Å²) in [7, 11) is 4.12. The molecule has 2 fully saturated rings. The van der Waals surface area contributed by atoms with Crippen molar-refractivity contribution in [2.24, 2.45) is 17.3 Å². The van der Waals surface area contributed by atoms with Crippen LogP contribution in [-0.2, 0) is 9.59 Å². The van der Waals surface area contributed by atoms with Crippen molar-refractivity contribution in [3.8, 4) is 12.3 Å². The van der Waals surface area contributed by atoms with E-state index < -0.39 is 5.54 Å². The second-order valence-electron chi connectivity index (χ2n) is 10.8. The molecule has 0 heterocycles. The number of benzene rings is 1. The fraction of sp³-hybridized carbons (Fsp3) is 0.517. The van der Waals surface area contributed by atoms with Crippen LogP contribution in [0, 0.1) is 29.6 Å². The molecule has 1 N–H and O–H groups in total. The molecular weight excluding hydrogens is 408 g/mol. The molecular formula is C29H34N2O2. The molecule has 4 aliphatic carbocycles. The van der Waals surface area contributed by atoms with E-state index in [1.165, 1.54) is 22.4 Å². The Kier molecular flexibility index (Phi) is 5.27. The standard InChI is InChI=1S/C29H34N2O2/c1-5-29(30-18-32)15-14-26-24-12-8-20-16-22(33)11-13-23(20)27(24)25(17-28(26,29)2)19-6-9-21(10-7-19)31(3)4/h1,6-7,9-10,16,18,24-26H,8,11-15,17H2,2-4H3,(H,30,32)/t24-,25+,26-,28-,29-/m0/s1. The SMILES string of the molecule is C#C[C@]1(NC=O)CC[C@H]2[C@@H]3CCC4=CC(=O)CCC4=C3[C@@H](c3ccc(N(C)C)cc3)C[C@@]21C. The Morgan fingerprint density at radius 1 is 1.15 bits per heavy atom. The predicted molar refractivity (Wildman–Crippen MR) is 132 cm³/mol. The molecule has 0 bridgehead atoms. The highest BCUT2D eigenvalue weighted by atomic mass is 16.1. The quantitative estimate of drug-likeness (QED) is 0.540. The summed E-state index contributed by atoms with van der Waals surface area (Å²) >= 11 is 0. The summed E-state index contributed by atoms with van der Waals surface area (Å²) in [5.41, 5.74) is 5.99. The predicted octanol–water partition coefficient (Wildman–Crippen LogP) is 4.77. The minimum atomic E-state index is -0.601. The first-order valence-electron chi connectivity index (χ1n) is 12.3. The van der Waals surface area contributed by atoms with Crippen LogP contribution in [0.15, 0.2) is 47.1 Å². The number of fused-ring (bicyclic) bond motifs is 4. The van der Waals surface area contributed by atoms with Crippen molar-refractivity contribution < 1.29 is 9.59 Å². The molecule has 172 valence electrons. The van der Waals surface area contributed by atoms with Crippen molar-refractivity contribution in [2.45, 2.75) is 63.3 Å². The van der Waals surface area contributed by atoms with Crippen molar-refractivity contribution in [1.82, 2.24) is 5.32 Å². The molecule has 5 atom stereocenters.